The maximum atomic E-state index is 12.1. The van der Waals surface area contributed by atoms with Gasteiger partial charge in [-0.1, -0.05) is 30.0 Å². The third-order valence-corrected chi connectivity index (χ3v) is 4.74. The second kappa shape index (κ2) is 8.53. The third kappa shape index (κ3) is 4.23. The maximum Gasteiger partial charge on any atom is 0.234 e. The molecule has 0 saturated carbocycles. The van der Waals surface area contributed by atoms with Crippen LogP contribution in [0.5, 0.6) is 5.75 Å². The number of aromatic nitrogens is 3. The van der Waals surface area contributed by atoms with E-state index in [4.69, 9.17) is 4.74 Å². The summed E-state index contributed by atoms with van der Waals surface area (Å²) in [5.74, 6) is 1.78. The lowest BCUT2D eigenvalue weighted by molar-refractivity contribution is -0.113. The third-order valence-electron chi connectivity index (χ3n) is 3.77. The van der Waals surface area contributed by atoms with Crippen molar-refractivity contribution in [3.63, 3.8) is 0 Å². The number of thioether (sulfide) groups is 1. The molecule has 0 atom stereocenters. The van der Waals surface area contributed by atoms with Gasteiger partial charge in [0.05, 0.1) is 12.9 Å². The second-order valence-corrected chi connectivity index (χ2v) is 6.42. The van der Waals surface area contributed by atoms with Crippen molar-refractivity contribution in [1.82, 2.24) is 14.8 Å². The first-order valence-electron chi connectivity index (χ1n) is 8.26. The van der Waals surface area contributed by atoms with E-state index in [-0.39, 0.29) is 11.7 Å². The van der Waals surface area contributed by atoms with Gasteiger partial charge in [-0.2, -0.15) is 0 Å². The van der Waals surface area contributed by atoms with E-state index in [1.165, 1.54) is 11.8 Å². The van der Waals surface area contributed by atoms with Crippen molar-refractivity contribution in [1.29, 1.82) is 0 Å². The van der Waals surface area contributed by atoms with E-state index in [1.807, 2.05) is 66.1 Å². The van der Waals surface area contributed by atoms with Crippen molar-refractivity contribution in [2.24, 2.45) is 0 Å². The second-order valence-electron chi connectivity index (χ2n) is 5.48. The van der Waals surface area contributed by atoms with Crippen LogP contribution in [0, 0.1) is 0 Å². The highest BCUT2D eigenvalue weighted by Gasteiger charge is 2.14. The Morgan fingerprint density at radius 2 is 1.85 bits per heavy atom. The van der Waals surface area contributed by atoms with E-state index in [0.29, 0.717) is 0 Å². The molecule has 134 valence electrons. The Hall–Kier alpha value is -2.80. The summed E-state index contributed by atoms with van der Waals surface area (Å²) in [7, 11) is 1.64. The molecule has 0 aliphatic carbocycles. The number of ether oxygens (including phenoxy) is 1. The van der Waals surface area contributed by atoms with Crippen LogP contribution >= 0.6 is 11.8 Å². The number of nitrogens with one attached hydrogen (secondary N) is 1. The Kier molecular flexibility index (Phi) is 5.91. The highest BCUT2D eigenvalue weighted by atomic mass is 32.2. The first kappa shape index (κ1) is 18.0. The van der Waals surface area contributed by atoms with Gasteiger partial charge in [-0.15, -0.1) is 10.2 Å². The van der Waals surface area contributed by atoms with Crippen LogP contribution in [0.15, 0.2) is 59.8 Å². The van der Waals surface area contributed by atoms with Crippen molar-refractivity contribution >= 4 is 23.4 Å². The Labute approximate surface area is 156 Å². The molecule has 0 spiro atoms. The van der Waals surface area contributed by atoms with Gasteiger partial charge in [0.1, 0.15) is 5.75 Å². The van der Waals surface area contributed by atoms with E-state index in [9.17, 15) is 4.79 Å². The Balaban J connectivity index is 1.68. The molecular weight excluding hydrogens is 348 g/mol. The van der Waals surface area contributed by atoms with Crippen LogP contribution in [-0.4, -0.2) is 33.5 Å². The Bertz CT molecular complexity index is 863. The number of rotatable bonds is 7. The fourth-order valence-electron chi connectivity index (χ4n) is 2.48. The van der Waals surface area contributed by atoms with Gasteiger partial charge in [-0.05, 0) is 43.3 Å². The summed E-state index contributed by atoms with van der Waals surface area (Å²) < 4.78 is 7.19. The zero-order valence-electron chi connectivity index (χ0n) is 14.7. The number of hydrogen-bond donors (Lipinski definition) is 1. The lowest BCUT2D eigenvalue weighted by Gasteiger charge is -2.08. The van der Waals surface area contributed by atoms with E-state index < -0.39 is 0 Å². The van der Waals surface area contributed by atoms with E-state index in [2.05, 4.69) is 15.5 Å². The zero-order valence-corrected chi connectivity index (χ0v) is 15.5. The van der Waals surface area contributed by atoms with Crippen molar-refractivity contribution in [2.75, 3.05) is 18.2 Å². The summed E-state index contributed by atoms with van der Waals surface area (Å²) in [4.78, 5) is 12.1. The average molecular weight is 368 g/mol. The maximum absolute atomic E-state index is 12.1. The van der Waals surface area contributed by atoms with Gasteiger partial charge >= 0.3 is 0 Å². The predicted octanol–water partition coefficient (Wildman–Crippen LogP) is 3.70. The number of carbonyl (C=O) groups excluding carboxylic acids is 1. The van der Waals surface area contributed by atoms with Gasteiger partial charge in [0, 0.05) is 17.8 Å². The molecule has 1 aromatic heterocycles. The summed E-state index contributed by atoms with van der Waals surface area (Å²) >= 11 is 1.37. The molecule has 1 amide bonds. The number of para-hydroxylation sites is 1. The molecule has 3 aromatic rings. The van der Waals surface area contributed by atoms with Crippen molar-refractivity contribution in [3.8, 4) is 17.1 Å². The van der Waals surface area contributed by atoms with Gasteiger partial charge < -0.3 is 14.6 Å². The molecule has 0 aliphatic rings. The molecular formula is C19H20N4O2S. The molecule has 0 saturated heterocycles. The zero-order chi connectivity index (χ0) is 18.4. The van der Waals surface area contributed by atoms with Crippen LogP contribution in [0.4, 0.5) is 5.69 Å². The van der Waals surface area contributed by atoms with Gasteiger partial charge in [-0.25, -0.2) is 0 Å². The van der Waals surface area contributed by atoms with Crippen LogP contribution in [0.2, 0.25) is 0 Å². The largest absolute Gasteiger partial charge is 0.497 e. The van der Waals surface area contributed by atoms with Gasteiger partial charge in [0.2, 0.25) is 5.91 Å². The van der Waals surface area contributed by atoms with E-state index >= 15 is 0 Å². The molecule has 7 heteroatoms. The molecule has 0 radical (unpaired) electrons. The number of hydrogen-bond acceptors (Lipinski definition) is 5. The summed E-state index contributed by atoms with van der Waals surface area (Å²) in [6, 6.07) is 17.1. The number of carbonyl (C=O) groups is 1. The van der Waals surface area contributed by atoms with Crippen LogP contribution in [0.3, 0.4) is 0 Å². The minimum absolute atomic E-state index is 0.0714. The SMILES string of the molecule is CCn1c(SCC(=O)Nc2ccccc2)nnc1-c1ccc(OC)cc1. The molecule has 1 N–H and O–H groups in total. The number of methoxy groups -OCH3 is 1. The van der Waals surface area contributed by atoms with Crippen molar-refractivity contribution < 1.29 is 9.53 Å². The molecule has 6 nitrogen and oxygen atoms in total. The molecule has 0 bridgehead atoms. The van der Waals surface area contributed by atoms with Crippen molar-refractivity contribution in [3.05, 3.63) is 54.6 Å². The monoisotopic (exact) mass is 368 g/mol. The predicted molar refractivity (Wildman–Crippen MR) is 103 cm³/mol. The quantitative estimate of drug-likeness (QED) is 0.644. The highest BCUT2D eigenvalue weighted by Crippen LogP contribution is 2.25. The molecule has 0 fully saturated rings. The topological polar surface area (TPSA) is 69.0 Å². The van der Waals surface area contributed by atoms with Crippen LogP contribution in [0.1, 0.15) is 6.92 Å². The standard InChI is InChI=1S/C19H20N4O2S/c1-3-23-18(14-9-11-16(25-2)12-10-14)21-22-19(23)26-13-17(24)20-15-7-5-4-6-8-15/h4-12H,3,13H2,1-2H3,(H,20,24). The number of amides is 1. The molecule has 3 rings (SSSR count). The molecule has 1 heterocycles. The fraction of sp³-hybridized carbons (Fsp3) is 0.211. The molecule has 26 heavy (non-hydrogen) atoms. The number of nitrogens with zero attached hydrogens (tertiary/aromatic N) is 3. The fourth-order valence-corrected chi connectivity index (χ4v) is 3.29. The van der Waals surface area contributed by atoms with Crippen LogP contribution in [-0.2, 0) is 11.3 Å². The first-order chi connectivity index (χ1) is 12.7. The lowest BCUT2D eigenvalue weighted by Crippen LogP contribution is -2.14. The average Bonchev–Trinajstić information content (AvgIpc) is 3.10. The lowest BCUT2D eigenvalue weighted by atomic mass is 10.2. The minimum atomic E-state index is -0.0714. The normalized spacial score (nSPS) is 10.5. The Morgan fingerprint density at radius 3 is 2.50 bits per heavy atom. The van der Waals surface area contributed by atoms with Gasteiger partial charge in [0.15, 0.2) is 11.0 Å². The molecule has 2 aromatic carbocycles. The van der Waals surface area contributed by atoms with Crippen LogP contribution < -0.4 is 10.1 Å². The minimum Gasteiger partial charge on any atom is -0.497 e. The number of anilines is 1. The number of benzene rings is 2. The van der Waals surface area contributed by atoms with Gasteiger partial charge in [0.25, 0.3) is 0 Å². The van der Waals surface area contributed by atoms with Gasteiger partial charge in [-0.3, -0.25) is 4.79 Å². The first-order valence-corrected chi connectivity index (χ1v) is 9.25. The molecule has 0 aliphatic heterocycles. The van der Waals surface area contributed by atoms with Crippen LogP contribution in [0.25, 0.3) is 11.4 Å². The summed E-state index contributed by atoms with van der Waals surface area (Å²) in [5, 5.41) is 12.1. The summed E-state index contributed by atoms with van der Waals surface area (Å²) in [6.07, 6.45) is 0. The smallest absolute Gasteiger partial charge is 0.234 e. The van der Waals surface area contributed by atoms with E-state index in [1.54, 1.807) is 7.11 Å². The van der Waals surface area contributed by atoms with Crippen molar-refractivity contribution in [2.45, 2.75) is 18.6 Å². The van der Waals surface area contributed by atoms with E-state index in [0.717, 1.165) is 34.5 Å². The highest BCUT2D eigenvalue weighted by molar-refractivity contribution is 7.99. The summed E-state index contributed by atoms with van der Waals surface area (Å²) in [6.45, 7) is 2.75. The summed E-state index contributed by atoms with van der Waals surface area (Å²) in [5.41, 5.74) is 1.75. The Morgan fingerprint density at radius 1 is 1.12 bits per heavy atom. The molecule has 0 unspecified atom stereocenters.